The van der Waals surface area contributed by atoms with Crippen molar-refractivity contribution in [1.82, 2.24) is 15.0 Å². The molecule has 0 bridgehead atoms. The molecule has 7 nitrogen and oxygen atoms in total. The molecule has 1 amide bonds. The van der Waals surface area contributed by atoms with E-state index < -0.39 is 0 Å². The third-order valence-electron chi connectivity index (χ3n) is 5.91. The first-order chi connectivity index (χ1) is 15.3. The number of benzene rings is 1. The SMILES string of the molecule is Cc1cc(Oc2ccc(N(C)C)cc2)cc([C@H]2CCCN(C(=O)c3c(C)noc3C)C2)n1. The molecule has 32 heavy (non-hydrogen) atoms. The summed E-state index contributed by atoms with van der Waals surface area (Å²) in [5.74, 6) is 2.26. The zero-order valence-corrected chi connectivity index (χ0v) is 19.4. The number of hydrogen-bond donors (Lipinski definition) is 0. The van der Waals surface area contributed by atoms with Gasteiger partial charge < -0.3 is 19.1 Å². The lowest BCUT2D eigenvalue weighted by atomic mass is 9.93. The van der Waals surface area contributed by atoms with Gasteiger partial charge in [-0.25, -0.2) is 0 Å². The normalized spacial score (nSPS) is 16.2. The number of carbonyl (C=O) groups excluding carboxylic acids is 1. The van der Waals surface area contributed by atoms with Crippen LogP contribution in [0.3, 0.4) is 0 Å². The molecule has 7 heteroatoms. The molecule has 1 aromatic carbocycles. The molecular formula is C25H30N4O3. The summed E-state index contributed by atoms with van der Waals surface area (Å²) in [6, 6.07) is 11.9. The highest BCUT2D eigenvalue weighted by Crippen LogP contribution is 2.31. The van der Waals surface area contributed by atoms with E-state index in [0.717, 1.165) is 48.0 Å². The fourth-order valence-corrected chi connectivity index (χ4v) is 4.23. The van der Waals surface area contributed by atoms with Gasteiger partial charge in [0.15, 0.2) is 0 Å². The lowest BCUT2D eigenvalue weighted by Crippen LogP contribution is -2.39. The standard InChI is InChI=1S/C25H30N4O3/c1-16-13-22(31-21-10-8-20(9-11-21)28(4)5)14-23(26-16)19-7-6-12-29(15-19)25(30)24-17(2)27-32-18(24)3/h8-11,13-14,19H,6-7,12,15H2,1-5H3/t19-/m0/s1. The Bertz CT molecular complexity index is 1090. The van der Waals surface area contributed by atoms with Gasteiger partial charge in [-0.05, 0) is 57.9 Å². The van der Waals surface area contributed by atoms with Gasteiger partial charge in [-0.2, -0.15) is 0 Å². The second-order valence-corrected chi connectivity index (χ2v) is 8.65. The van der Waals surface area contributed by atoms with Gasteiger partial charge in [-0.1, -0.05) is 5.16 Å². The van der Waals surface area contributed by atoms with Gasteiger partial charge in [0, 0.05) is 62.3 Å². The minimum absolute atomic E-state index is 0.0175. The minimum atomic E-state index is -0.0175. The largest absolute Gasteiger partial charge is 0.457 e. The molecule has 1 aliphatic rings. The van der Waals surface area contributed by atoms with E-state index in [2.05, 4.69) is 10.1 Å². The Morgan fingerprint density at radius 2 is 1.88 bits per heavy atom. The molecule has 4 rings (SSSR count). The van der Waals surface area contributed by atoms with Crippen LogP contribution in [0, 0.1) is 20.8 Å². The maximum Gasteiger partial charge on any atom is 0.259 e. The van der Waals surface area contributed by atoms with Crippen molar-refractivity contribution in [3.05, 3.63) is 64.8 Å². The molecule has 0 spiro atoms. The molecule has 3 heterocycles. The molecule has 2 aromatic heterocycles. The molecule has 0 radical (unpaired) electrons. The molecule has 1 aliphatic heterocycles. The maximum absolute atomic E-state index is 13.1. The number of anilines is 1. The van der Waals surface area contributed by atoms with Crippen molar-refractivity contribution in [1.29, 1.82) is 0 Å². The van der Waals surface area contributed by atoms with Crippen molar-refractivity contribution in [3.63, 3.8) is 0 Å². The van der Waals surface area contributed by atoms with E-state index in [9.17, 15) is 4.79 Å². The molecule has 1 saturated heterocycles. The van der Waals surface area contributed by atoms with Crippen molar-refractivity contribution in [2.24, 2.45) is 0 Å². The van der Waals surface area contributed by atoms with Gasteiger partial charge in [-0.3, -0.25) is 9.78 Å². The molecule has 1 atom stereocenters. The number of ether oxygens (including phenoxy) is 1. The highest BCUT2D eigenvalue weighted by Gasteiger charge is 2.29. The Labute approximate surface area is 189 Å². The van der Waals surface area contributed by atoms with E-state index in [-0.39, 0.29) is 11.8 Å². The summed E-state index contributed by atoms with van der Waals surface area (Å²) in [7, 11) is 4.02. The molecule has 0 saturated carbocycles. The van der Waals surface area contributed by atoms with E-state index in [1.54, 1.807) is 6.92 Å². The first kappa shape index (κ1) is 21.9. The number of hydrogen-bond acceptors (Lipinski definition) is 6. The van der Waals surface area contributed by atoms with Gasteiger partial charge in [0.25, 0.3) is 5.91 Å². The van der Waals surface area contributed by atoms with Crippen LogP contribution in [0.25, 0.3) is 0 Å². The molecule has 0 N–H and O–H groups in total. The predicted molar refractivity (Wildman–Crippen MR) is 124 cm³/mol. The van der Waals surface area contributed by atoms with E-state index >= 15 is 0 Å². The average molecular weight is 435 g/mol. The third kappa shape index (κ3) is 4.61. The Balaban J connectivity index is 1.52. The second-order valence-electron chi connectivity index (χ2n) is 8.65. The minimum Gasteiger partial charge on any atom is -0.457 e. The number of likely N-dealkylation sites (tertiary alicyclic amines) is 1. The van der Waals surface area contributed by atoms with Gasteiger partial charge in [0.1, 0.15) is 22.8 Å². The fraction of sp³-hybridized carbons (Fsp3) is 0.400. The van der Waals surface area contributed by atoms with E-state index in [1.807, 2.05) is 69.2 Å². The quantitative estimate of drug-likeness (QED) is 0.570. The Morgan fingerprint density at radius 1 is 1.12 bits per heavy atom. The van der Waals surface area contributed by atoms with E-state index in [1.165, 1.54) is 0 Å². The smallest absolute Gasteiger partial charge is 0.259 e. The summed E-state index contributed by atoms with van der Waals surface area (Å²) < 4.78 is 11.3. The zero-order valence-electron chi connectivity index (χ0n) is 19.4. The number of pyridine rings is 1. The van der Waals surface area contributed by atoms with Crippen LogP contribution >= 0.6 is 0 Å². The summed E-state index contributed by atoms with van der Waals surface area (Å²) in [5.41, 5.74) is 4.19. The lowest BCUT2D eigenvalue weighted by Gasteiger charge is -2.32. The van der Waals surface area contributed by atoms with Crippen LogP contribution in [-0.4, -0.2) is 48.1 Å². The van der Waals surface area contributed by atoms with Crippen LogP contribution in [0.2, 0.25) is 0 Å². The Hall–Kier alpha value is -3.35. The topological polar surface area (TPSA) is 71.7 Å². The molecule has 1 fully saturated rings. The van der Waals surface area contributed by atoms with Crippen molar-refractivity contribution in [2.45, 2.75) is 39.5 Å². The Morgan fingerprint density at radius 3 is 2.53 bits per heavy atom. The summed E-state index contributed by atoms with van der Waals surface area (Å²) >= 11 is 0. The summed E-state index contributed by atoms with van der Waals surface area (Å²) in [6.07, 6.45) is 1.91. The monoisotopic (exact) mass is 434 g/mol. The number of piperidine rings is 1. The molecule has 3 aromatic rings. The van der Waals surface area contributed by atoms with Crippen LogP contribution in [0.4, 0.5) is 5.69 Å². The van der Waals surface area contributed by atoms with E-state index in [4.69, 9.17) is 14.2 Å². The predicted octanol–water partition coefficient (Wildman–Crippen LogP) is 4.87. The second kappa shape index (κ2) is 9.02. The van der Waals surface area contributed by atoms with Gasteiger partial charge in [-0.15, -0.1) is 0 Å². The number of nitrogens with zero attached hydrogens (tertiary/aromatic N) is 4. The van der Waals surface area contributed by atoms with Crippen molar-refractivity contribution in [2.75, 3.05) is 32.1 Å². The molecule has 168 valence electrons. The first-order valence-corrected chi connectivity index (χ1v) is 11.0. The van der Waals surface area contributed by atoms with Crippen molar-refractivity contribution in [3.8, 4) is 11.5 Å². The van der Waals surface area contributed by atoms with Gasteiger partial charge in [0.2, 0.25) is 0 Å². The fourth-order valence-electron chi connectivity index (χ4n) is 4.23. The number of aryl methyl sites for hydroxylation is 3. The molecule has 0 aliphatic carbocycles. The van der Waals surface area contributed by atoms with Crippen molar-refractivity contribution < 1.29 is 14.1 Å². The molecular weight excluding hydrogens is 404 g/mol. The van der Waals surface area contributed by atoms with Crippen LogP contribution in [-0.2, 0) is 0 Å². The maximum atomic E-state index is 13.1. The highest BCUT2D eigenvalue weighted by atomic mass is 16.5. The summed E-state index contributed by atoms with van der Waals surface area (Å²) in [6.45, 7) is 6.91. The lowest BCUT2D eigenvalue weighted by molar-refractivity contribution is 0.0703. The summed E-state index contributed by atoms with van der Waals surface area (Å²) in [5, 5.41) is 3.93. The van der Waals surface area contributed by atoms with Crippen LogP contribution < -0.4 is 9.64 Å². The Kier molecular flexibility index (Phi) is 6.17. The third-order valence-corrected chi connectivity index (χ3v) is 5.91. The number of amides is 1. The van der Waals surface area contributed by atoms with Gasteiger partial charge in [0.05, 0.1) is 5.69 Å². The van der Waals surface area contributed by atoms with Crippen molar-refractivity contribution >= 4 is 11.6 Å². The number of carbonyl (C=O) groups is 1. The first-order valence-electron chi connectivity index (χ1n) is 11.0. The highest BCUT2D eigenvalue weighted by molar-refractivity contribution is 5.96. The van der Waals surface area contributed by atoms with Gasteiger partial charge >= 0.3 is 0 Å². The summed E-state index contributed by atoms with van der Waals surface area (Å²) in [4.78, 5) is 21.8. The zero-order chi connectivity index (χ0) is 22.8. The number of rotatable bonds is 5. The molecule has 0 unspecified atom stereocenters. The average Bonchev–Trinajstić information content (AvgIpc) is 3.11. The van der Waals surface area contributed by atoms with Crippen LogP contribution in [0.15, 0.2) is 40.9 Å². The van der Waals surface area contributed by atoms with Crippen LogP contribution in [0.1, 0.15) is 52.0 Å². The number of aromatic nitrogens is 2. The van der Waals surface area contributed by atoms with Crippen LogP contribution in [0.5, 0.6) is 11.5 Å². The van der Waals surface area contributed by atoms with E-state index in [0.29, 0.717) is 23.6 Å².